The number of carboxylic acids is 1. The van der Waals surface area contributed by atoms with E-state index in [4.69, 9.17) is 20.3 Å². The summed E-state index contributed by atoms with van der Waals surface area (Å²) in [6, 6.07) is 11.0. The number of carbonyl (C=O) groups excluding carboxylic acids is 1. The van der Waals surface area contributed by atoms with Crippen LogP contribution in [0.1, 0.15) is 97.8 Å². The van der Waals surface area contributed by atoms with Crippen LogP contribution in [-0.2, 0) is 9.47 Å². The van der Waals surface area contributed by atoms with E-state index in [-0.39, 0.29) is 42.3 Å². The van der Waals surface area contributed by atoms with Gasteiger partial charge in [-0.2, -0.15) is 10.2 Å². The van der Waals surface area contributed by atoms with Crippen LogP contribution in [0.4, 0.5) is 0 Å². The number of nitrogens with one attached hydrogen (secondary N) is 1. The van der Waals surface area contributed by atoms with Crippen LogP contribution in [-0.4, -0.2) is 133 Å². The van der Waals surface area contributed by atoms with E-state index in [9.17, 15) is 9.59 Å². The number of piperidine rings is 2. The molecule has 2 aliphatic heterocycles. The summed E-state index contributed by atoms with van der Waals surface area (Å²) in [5.74, 6) is 1.46. The van der Waals surface area contributed by atoms with Gasteiger partial charge in [0.15, 0.2) is 11.6 Å². The van der Waals surface area contributed by atoms with Gasteiger partial charge in [-0.25, -0.2) is 24.1 Å². The summed E-state index contributed by atoms with van der Waals surface area (Å²) in [6.45, 7) is 15.4. The molecule has 4 aromatic heterocycles. The van der Waals surface area contributed by atoms with Gasteiger partial charge < -0.3 is 35.4 Å². The maximum atomic E-state index is 12.9. The van der Waals surface area contributed by atoms with Crippen LogP contribution >= 0.6 is 24.8 Å². The number of hydrogen-bond acceptors (Lipinski definition) is 11. The number of aromatic carboxylic acids is 1. The lowest BCUT2D eigenvalue weighted by Crippen LogP contribution is -2.49. The Kier molecular flexibility index (Phi) is 23.3. The van der Waals surface area contributed by atoms with Crippen molar-refractivity contribution in [3.05, 3.63) is 110 Å². The van der Waals surface area contributed by atoms with Crippen LogP contribution in [0.15, 0.2) is 98.9 Å². The number of nitrogens with two attached hydrogens (primary N) is 1. The van der Waals surface area contributed by atoms with Crippen molar-refractivity contribution in [1.82, 2.24) is 44.6 Å². The molecule has 4 N–H and O–H groups in total. The van der Waals surface area contributed by atoms with Gasteiger partial charge in [-0.05, 0) is 113 Å². The van der Waals surface area contributed by atoms with Crippen LogP contribution in [0.5, 0.6) is 0 Å². The van der Waals surface area contributed by atoms with Gasteiger partial charge in [-0.1, -0.05) is 37.8 Å². The number of carboxylic acid groups (broad SMARTS) is 1. The third kappa shape index (κ3) is 17.0. The average molecular weight is 938 g/mol. The highest BCUT2D eigenvalue weighted by atomic mass is 35.5. The number of halogens is 2. The van der Waals surface area contributed by atoms with Gasteiger partial charge in [-0.15, -0.1) is 38.0 Å². The van der Waals surface area contributed by atoms with Crippen molar-refractivity contribution < 1.29 is 24.2 Å². The molecule has 2 saturated carbocycles. The van der Waals surface area contributed by atoms with E-state index in [0.29, 0.717) is 60.5 Å². The number of ether oxygens (including phenoxy) is 2. The zero-order chi connectivity index (χ0) is 44.2. The van der Waals surface area contributed by atoms with Crippen LogP contribution in [0.25, 0.3) is 11.6 Å². The molecule has 4 aromatic rings. The maximum Gasteiger partial charge on any atom is 0.337 e. The fourth-order valence-corrected chi connectivity index (χ4v) is 9.15. The highest BCUT2D eigenvalue weighted by Crippen LogP contribution is 2.28. The van der Waals surface area contributed by atoms with Crippen molar-refractivity contribution >= 4 is 36.7 Å². The molecule has 15 nitrogen and oxygen atoms in total. The minimum Gasteiger partial charge on any atom is -0.478 e. The lowest BCUT2D eigenvalue weighted by molar-refractivity contribution is 0.00514. The Bertz CT molecular complexity index is 1960. The van der Waals surface area contributed by atoms with Gasteiger partial charge in [0.05, 0.1) is 36.5 Å². The molecule has 6 heterocycles. The molecule has 0 bridgehead atoms. The summed E-state index contributed by atoms with van der Waals surface area (Å²) >= 11 is 0. The molecule has 0 radical (unpaired) electrons. The molecular weight excluding hydrogens is 867 g/mol. The molecule has 0 unspecified atom stereocenters. The Labute approximate surface area is 397 Å². The van der Waals surface area contributed by atoms with Crippen molar-refractivity contribution in [2.24, 2.45) is 17.6 Å². The number of hydrogen-bond donors (Lipinski definition) is 3. The summed E-state index contributed by atoms with van der Waals surface area (Å²) in [5, 5.41) is 20.1. The standard InChI is InChI=1S/C24H33N5O2.C15H28N2O.C9H7N3O2.2ClH/c1-2-15-31-21-8-5-13-28(18-21)17-20-7-3-4-9-22(20)27-24(30)19-10-11-23(25-16-19)29-14-6-12-26-29;1-2-10-18-14-7-5-9-17(12-14)11-13-6-3-4-8-15(13)16;13-9(14)7-2-3-8(10-6-7)12-5-1-4-11-12;;/h2,6,10-12,14,16,20-22H,1,3-5,7-9,13,15,17-18H2,(H,27,30);2,13-15H,1,3-12,16H2;1-6H,(H,13,14);2*1H/t20-,21+,22+;13-,14+,15+;;;/m11.../s1. The van der Waals surface area contributed by atoms with Crippen LogP contribution in [0.3, 0.4) is 0 Å². The minimum absolute atomic E-state index is 0. The number of amides is 1. The number of likely N-dealkylation sites (tertiary alicyclic amines) is 2. The Balaban J connectivity index is 0.000000231. The van der Waals surface area contributed by atoms with Crippen molar-refractivity contribution in [2.75, 3.05) is 52.5 Å². The van der Waals surface area contributed by atoms with Crippen LogP contribution in [0.2, 0.25) is 0 Å². The quantitative estimate of drug-likeness (QED) is 0.102. The molecule has 0 aromatic carbocycles. The molecule has 65 heavy (non-hydrogen) atoms. The summed E-state index contributed by atoms with van der Waals surface area (Å²) < 4.78 is 14.9. The van der Waals surface area contributed by atoms with Gasteiger partial charge >= 0.3 is 5.97 Å². The number of aromatic nitrogens is 6. The summed E-state index contributed by atoms with van der Waals surface area (Å²) in [5.41, 5.74) is 7.00. The molecule has 8 rings (SSSR count). The Morgan fingerprint density at radius 1 is 0.708 bits per heavy atom. The summed E-state index contributed by atoms with van der Waals surface area (Å²) in [7, 11) is 0. The van der Waals surface area contributed by atoms with Crippen LogP contribution < -0.4 is 11.1 Å². The lowest BCUT2D eigenvalue weighted by Gasteiger charge is -2.39. The highest BCUT2D eigenvalue weighted by molar-refractivity contribution is 5.94. The van der Waals surface area contributed by atoms with Gasteiger partial charge in [0, 0.05) is 75.4 Å². The summed E-state index contributed by atoms with van der Waals surface area (Å²) in [4.78, 5) is 36.9. The highest BCUT2D eigenvalue weighted by Gasteiger charge is 2.31. The second-order valence-corrected chi connectivity index (χ2v) is 17.1. The molecule has 2 saturated heterocycles. The number of pyridine rings is 2. The smallest absolute Gasteiger partial charge is 0.337 e. The number of rotatable bonds is 15. The molecule has 4 fully saturated rings. The van der Waals surface area contributed by atoms with Gasteiger partial charge in [0.2, 0.25) is 0 Å². The van der Waals surface area contributed by atoms with E-state index < -0.39 is 5.97 Å². The molecule has 2 aliphatic carbocycles. The van der Waals surface area contributed by atoms with Crippen molar-refractivity contribution in [2.45, 2.75) is 101 Å². The average Bonchev–Trinajstić information content (AvgIpc) is 4.07. The van der Waals surface area contributed by atoms with E-state index in [1.54, 1.807) is 46.3 Å². The van der Waals surface area contributed by atoms with Gasteiger partial charge in [0.1, 0.15) is 0 Å². The van der Waals surface area contributed by atoms with E-state index in [1.807, 2.05) is 36.5 Å². The Morgan fingerprint density at radius 3 is 1.69 bits per heavy atom. The first-order valence-corrected chi connectivity index (χ1v) is 22.9. The topological polar surface area (TPSA) is 179 Å². The van der Waals surface area contributed by atoms with Crippen molar-refractivity contribution in [3.63, 3.8) is 0 Å². The fourth-order valence-electron chi connectivity index (χ4n) is 9.15. The molecule has 356 valence electrons. The molecule has 0 spiro atoms. The summed E-state index contributed by atoms with van der Waals surface area (Å²) in [6.07, 6.45) is 28.8. The van der Waals surface area contributed by atoms with Crippen molar-refractivity contribution in [1.29, 1.82) is 0 Å². The monoisotopic (exact) mass is 936 g/mol. The normalized spacial score (nSPS) is 23.4. The minimum atomic E-state index is -0.982. The van der Waals surface area contributed by atoms with E-state index >= 15 is 0 Å². The first kappa shape index (κ1) is 53.1. The molecule has 17 heteroatoms. The third-order valence-corrected chi connectivity index (χ3v) is 12.5. The largest absolute Gasteiger partial charge is 0.478 e. The zero-order valence-corrected chi connectivity index (χ0v) is 39.3. The van der Waals surface area contributed by atoms with E-state index in [2.05, 4.69) is 48.4 Å². The second kappa shape index (κ2) is 28.5. The van der Waals surface area contributed by atoms with Gasteiger partial charge in [0.25, 0.3) is 5.91 Å². The zero-order valence-electron chi connectivity index (χ0n) is 37.7. The van der Waals surface area contributed by atoms with E-state index in [0.717, 1.165) is 45.4 Å². The predicted molar refractivity (Wildman–Crippen MR) is 259 cm³/mol. The first-order valence-electron chi connectivity index (χ1n) is 22.9. The lowest BCUT2D eigenvalue weighted by atomic mass is 9.83. The maximum absolute atomic E-state index is 12.9. The first-order chi connectivity index (χ1) is 30.8. The number of carbonyl (C=O) groups is 2. The third-order valence-electron chi connectivity index (χ3n) is 12.5. The van der Waals surface area contributed by atoms with Gasteiger partial charge in [-0.3, -0.25) is 4.79 Å². The molecule has 1 amide bonds. The SMILES string of the molecule is C=CCO[C@H]1CCCN(C[C@H]2CCCC[C@@H]2N)C1.C=CCO[C@H]1CCCN(C[C@H]2CCCC[C@@H]2NC(=O)c2ccc(-n3cccn3)nc2)C1.Cl.Cl.O=C(O)c1ccc(-n2cccn2)nc1. The Morgan fingerprint density at radius 2 is 1.22 bits per heavy atom. The predicted octanol–water partition coefficient (Wildman–Crippen LogP) is 7.20. The van der Waals surface area contributed by atoms with Crippen molar-refractivity contribution in [3.8, 4) is 11.6 Å². The molecule has 4 aliphatic rings. The number of nitrogens with zero attached hydrogens (tertiary/aromatic N) is 8. The van der Waals surface area contributed by atoms with Crippen LogP contribution in [0, 0.1) is 11.8 Å². The second-order valence-electron chi connectivity index (χ2n) is 17.1. The van der Waals surface area contributed by atoms with E-state index in [1.165, 1.54) is 83.1 Å². The Hall–Kier alpha value is -4.48. The molecular formula is C48H70Cl2N10O5. The molecule has 6 atom stereocenters. The fraction of sp³-hybridized carbons (Fsp3) is 0.542.